The summed E-state index contributed by atoms with van der Waals surface area (Å²) in [5, 5.41) is 9.48. The molecule has 1 aliphatic heterocycles. The van der Waals surface area contributed by atoms with Crippen LogP contribution in [-0.2, 0) is 9.59 Å². The minimum atomic E-state index is -0.880. The largest absolute Gasteiger partial charge is 0.483 e. The Bertz CT molecular complexity index is 546. The lowest BCUT2D eigenvalue weighted by atomic mass is 10.1. The van der Waals surface area contributed by atoms with E-state index in [2.05, 4.69) is 0 Å². The lowest BCUT2D eigenvalue weighted by Gasteiger charge is -2.23. The van der Waals surface area contributed by atoms with E-state index in [1.165, 1.54) is 0 Å². The van der Waals surface area contributed by atoms with Crippen molar-refractivity contribution in [2.45, 2.75) is 32.2 Å². The lowest BCUT2D eigenvalue weighted by molar-refractivity contribution is -0.140. The van der Waals surface area contributed by atoms with Crippen molar-refractivity contribution in [2.75, 3.05) is 13.2 Å². The minimum absolute atomic E-state index is 0.00822. The van der Waals surface area contributed by atoms with Crippen LogP contribution in [0.4, 0.5) is 0 Å². The maximum absolute atomic E-state index is 12.2. The highest BCUT2D eigenvalue weighted by molar-refractivity contribution is 6.30. The molecular formula is C15H18ClNO4. The summed E-state index contributed by atoms with van der Waals surface area (Å²) in [4.78, 5) is 24.6. The van der Waals surface area contributed by atoms with E-state index in [1.54, 1.807) is 23.1 Å². The van der Waals surface area contributed by atoms with E-state index in [9.17, 15) is 9.59 Å². The van der Waals surface area contributed by atoms with E-state index in [4.69, 9.17) is 21.4 Å². The molecule has 1 aromatic carbocycles. The maximum atomic E-state index is 12.2. The summed E-state index contributed by atoms with van der Waals surface area (Å²) in [6.07, 6.45) is 1.56. The number of rotatable bonds is 5. The van der Waals surface area contributed by atoms with Crippen molar-refractivity contribution in [3.05, 3.63) is 28.8 Å². The lowest BCUT2D eigenvalue weighted by Crippen LogP contribution is -2.39. The number of nitrogens with zero attached hydrogens (tertiary/aromatic N) is 1. The van der Waals surface area contributed by atoms with Gasteiger partial charge in [0.2, 0.25) is 0 Å². The van der Waals surface area contributed by atoms with Crippen LogP contribution in [0.25, 0.3) is 0 Å². The molecule has 21 heavy (non-hydrogen) atoms. The van der Waals surface area contributed by atoms with E-state index in [-0.39, 0.29) is 25.0 Å². The standard InChI is InChI=1S/C15H18ClNO4/c1-10-7-11(16)4-5-13(10)21-9-14(18)17-6-2-3-12(17)8-15(19)20/h4-5,7,12H,2-3,6,8-9H2,1H3,(H,19,20). The predicted molar refractivity (Wildman–Crippen MR) is 78.7 cm³/mol. The zero-order valence-corrected chi connectivity index (χ0v) is 12.6. The molecule has 1 atom stereocenters. The van der Waals surface area contributed by atoms with Crippen molar-refractivity contribution in [1.29, 1.82) is 0 Å². The first kappa shape index (κ1) is 15.6. The molecule has 1 heterocycles. The molecule has 1 amide bonds. The fourth-order valence-corrected chi connectivity index (χ4v) is 2.80. The normalized spacial score (nSPS) is 17.8. The van der Waals surface area contributed by atoms with Gasteiger partial charge in [-0.3, -0.25) is 9.59 Å². The van der Waals surface area contributed by atoms with Crippen molar-refractivity contribution in [1.82, 2.24) is 4.90 Å². The summed E-state index contributed by atoms with van der Waals surface area (Å²) in [7, 11) is 0. The number of amides is 1. The highest BCUT2D eigenvalue weighted by Crippen LogP contribution is 2.23. The van der Waals surface area contributed by atoms with Crippen molar-refractivity contribution < 1.29 is 19.4 Å². The first-order chi connectivity index (χ1) is 9.97. The number of carboxylic acids is 1. The van der Waals surface area contributed by atoms with Gasteiger partial charge in [-0.15, -0.1) is 0 Å². The Hall–Kier alpha value is -1.75. The highest BCUT2D eigenvalue weighted by Gasteiger charge is 2.30. The summed E-state index contributed by atoms with van der Waals surface area (Å²) in [6, 6.07) is 4.98. The van der Waals surface area contributed by atoms with Crippen LogP contribution in [0.15, 0.2) is 18.2 Å². The molecular weight excluding hydrogens is 294 g/mol. The Morgan fingerprint density at radius 2 is 2.24 bits per heavy atom. The van der Waals surface area contributed by atoms with Crippen LogP contribution in [0, 0.1) is 6.92 Å². The number of aryl methyl sites for hydroxylation is 1. The first-order valence-electron chi connectivity index (χ1n) is 6.87. The quantitative estimate of drug-likeness (QED) is 0.907. The second kappa shape index (κ2) is 6.80. The zero-order valence-electron chi connectivity index (χ0n) is 11.8. The molecule has 0 aliphatic carbocycles. The number of carbonyl (C=O) groups is 2. The summed E-state index contributed by atoms with van der Waals surface area (Å²) >= 11 is 5.86. The Morgan fingerprint density at radius 1 is 1.48 bits per heavy atom. The number of ether oxygens (including phenoxy) is 1. The molecule has 1 aliphatic rings. The monoisotopic (exact) mass is 311 g/mol. The topological polar surface area (TPSA) is 66.8 Å². The number of carbonyl (C=O) groups excluding carboxylic acids is 1. The van der Waals surface area contributed by atoms with Crippen LogP contribution in [0.5, 0.6) is 5.75 Å². The zero-order chi connectivity index (χ0) is 15.4. The maximum Gasteiger partial charge on any atom is 0.305 e. The molecule has 1 saturated heterocycles. The van der Waals surface area contributed by atoms with Gasteiger partial charge in [0.05, 0.1) is 6.42 Å². The number of hydrogen-bond donors (Lipinski definition) is 1. The minimum Gasteiger partial charge on any atom is -0.483 e. The predicted octanol–water partition coefficient (Wildman–Crippen LogP) is 2.49. The number of likely N-dealkylation sites (tertiary alicyclic amines) is 1. The Morgan fingerprint density at radius 3 is 2.90 bits per heavy atom. The molecule has 1 aromatic rings. The van der Waals surface area contributed by atoms with Crippen LogP contribution in [-0.4, -0.2) is 41.1 Å². The Kier molecular flexibility index (Phi) is 5.07. The summed E-state index contributed by atoms with van der Waals surface area (Å²) < 4.78 is 5.52. The van der Waals surface area contributed by atoms with Crippen LogP contribution in [0.2, 0.25) is 5.02 Å². The number of aliphatic carboxylic acids is 1. The van der Waals surface area contributed by atoms with Gasteiger partial charge in [-0.25, -0.2) is 0 Å². The third kappa shape index (κ3) is 4.11. The molecule has 0 radical (unpaired) electrons. The fourth-order valence-electron chi connectivity index (χ4n) is 2.57. The molecule has 0 aromatic heterocycles. The van der Waals surface area contributed by atoms with Gasteiger partial charge >= 0.3 is 5.97 Å². The van der Waals surface area contributed by atoms with E-state index in [0.717, 1.165) is 18.4 Å². The van der Waals surface area contributed by atoms with Crippen molar-refractivity contribution in [2.24, 2.45) is 0 Å². The van der Waals surface area contributed by atoms with Gasteiger partial charge in [0.25, 0.3) is 5.91 Å². The molecule has 6 heteroatoms. The van der Waals surface area contributed by atoms with Crippen LogP contribution >= 0.6 is 11.6 Å². The molecule has 0 saturated carbocycles. The van der Waals surface area contributed by atoms with Crippen LogP contribution < -0.4 is 4.74 Å². The molecule has 5 nitrogen and oxygen atoms in total. The Labute approximate surface area is 128 Å². The van der Waals surface area contributed by atoms with Gasteiger partial charge < -0.3 is 14.7 Å². The van der Waals surface area contributed by atoms with Gasteiger partial charge in [-0.1, -0.05) is 11.6 Å². The van der Waals surface area contributed by atoms with Gasteiger partial charge in [-0.2, -0.15) is 0 Å². The van der Waals surface area contributed by atoms with Crippen LogP contribution in [0.3, 0.4) is 0 Å². The molecule has 2 rings (SSSR count). The fraction of sp³-hybridized carbons (Fsp3) is 0.467. The number of carboxylic acid groups (broad SMARTS) is 1. The van der Waals surface area contributed by atoms with Gasteiger partial charge in [0, 0.05) is 17.6 Å². The molecule has 114 valence electrons. The second-order valence-electron chi connectivity index (χ2n) is 5.18. The molecule has 1 N–H and O–H groups in total. The average Bonchev–Trinajstić information content (AvgIpc) is 2.84. The first-order valence-corrected chi connectivity index (χ1v) is 7.25. The van der Waals surface area contributed by atoms with Gasteiger partial charge in [0.15, 0.2) is 6.61 Å². The van der Waals surface area contributed by atoms with Crippen LogP contribution in [0.1, 0.15) is 24.8 Å². The molecule has 0 spiro atoms. The average molecular weight is 312 g/mol. The van der Waals surface area contributed by atoms with Crippen molar-refractivity contribution in [3.63, 3.8) is 0 Å². The molecule has 1 fully saturated rings. The van der Waals surface area contributed by atoms with E-state index >= 15 is 0 Å². The highest BCUT2D eigenvalue weighted by atomic mass is 35.5. The van der Waals surface area contributed by atoms with E-state index < -0.39 is 5.97 Å². The number of benzene rings is 1. The third-order valence-corrected chi connectivity index (χ3v) is 3.83. The van der Waals surface area contributed by atoms with Crippen molar-refractivity contribution >= 4 is 23.5 Å². The van der Waals surface area contributed by atoms with E-state index in [0.29, 0.717) is 17.3 Å². The van der Waals surface area contributed by atoms with Gasteiger partial charge in [0.1, 0.15) is 5.75 Å². The summed E-state index contributed by atoms with van der Waals surface area (Å²) in [5.74, 6) is -0.441. The Balaban J connectivity index is 1.93. The SMILES string of the molecule is Cc1cc(Cl)ccc1OCC(=O)N1CCCC1CC(=O)O. The molecule has 1 unspecified atom stereocenters. The van der Waals surface area contributed by atoms with Gasteiger partial charge in [-0.05, 0) is 43.5 Å². The number of hydrogen-bond acceptors (Lipinski definition) is 3. The smallest absolute Gasteiger partial charge is 0.305 e. The third-order valence-electron chi connectivity index (χ3n) is 3.60. The summed E-state index contributed by atoms with van der Waals surface area (Å²) in [5.41, 5.74) is 0.860. The molecule has 0 bridgehead atoms. The number of halogens is 1. The summed E-state index contributed by atoms with van der Waals surface area (Å²) in [6.45, 7) is 2.37. The van der Waals surface area contributed by atoms with E-state index in [1.807, 2.05) is 6.92 Å². The van der Waals surface area contributed by atoms with Crippen molar-refractivity contribution in [3.8, 4) is 5.75 Å². The second-order valence-corrected chi connectivity index (χ2v) is 5.62.